The van der Waals surface area contributed by atoms with Crippen molar-refractivity contribution in [1.82, 2.24) is 4.90 Å². The Morgan fingerprint density at radius 3 is 1.96 bits per heavy atom. The zero-order valence-electron chi connectivity index (χ0n) is 19.6. The third kappa shape index (κ3) is 13.3. The maximum Gasteiger partial charge on any atom is 0.246 e. The standard InChI is InChI=1S/C23H48N3O2/c1-7-8-9-10-11-14-17-21(27)25(23(28)22(24)20(2)3)18-15-12-13-16-19-26(4,5)6/h20,22H,7-19,24H2,1-6H3/q+1/t22-/m0/s1. The van der Waals surface area contributed by atoms with Crippen molar-refractivity contribution in [3.63, 3.8) is 0 Å². The summed E-state index contributed by atoms with van der Waals surface area (Å²) in [7, 11) is 6.61. The van der Waals surface area contributed by atoms with E-state index in [0.29, 0.717) is 13.0 Å². The Morgan fingerprint density at radius 1 is 0.857 bits per heavy atom. The number of hydrogen-bond acceptors (Lipinski definition) is 3. The van der Waals surface area contributed by atoms with Gasteiger partial charge in [-0.1, -0.05) is 59.3 Å². The third-order valence-electron chi connectivity index (χ3n) is 5.28. The fourth-order valence-electron chi connectivity index (χ4n) is 3.22. The fraction of sp³-hybridized carbons (Fsp3) is 0.913. The molecule has 0 saturated carbocycles. The largest absolute Gasteiger partial charge is 0.331 e. The molecular weight excluding hydrogens is 350 g/mol. The highest BCUT2D eigenvalue weighted by Gasteiger charge is 2.27. The van der Waals surface area contributed by atoms with Gasteiger partial charge in [0.15, 0.2) is 0 Å². The number of imide groups is 1. The van der Waals surface area contributed by atoms with Crippen molar-refractivity contribution in [2.75, 3.05) is 34.2 Å². The maximum atomic E-state index is 12.7. The predicted molar refractivity (Wildman–Crippen MR) is 119 cm³/mol. The van der Waals surface area contributed by atoms with E-state index in [2.05, 4.69) is 28.1 Å². The molecule has 0 bridgehead atoms. The van der Waals surface area contributed by atoms with E-state index in [1.165, 1.54) is 37.0 Å². The first-order valence-electron chi connectivity index (χ1n) is 11.5. The van der Waals surface area contributed by atoms with Crippen LogP contribution in [0.1, 0.15) is 91.4 Å². The van der Waals surface area contributed by atoms with E-state index in [9.17, 15) is 9.59 Å². The van der Waals surface area contributed by atoms with E-state index in [0.717, 1.165) is 43.1 Å². The van der Waals surface area contributed by atoms with Crippen LogP contribution in [-0.2, 0) is 9.59 Å². The minimum atomic E-state index is -0.591. The van der Waals surface area contributed by atoms with Gasteiger partial charge in [0, 0.05) is 13.0 Å². The first-order valence-corrected chi connectivity index (χ1v) is 11.5. The van der Waals surface area contributed by atoms with Gasteiger partial charge in [-0.15, -0.1) is 0 Å². The van der Waals surface area contributed by atoms with E-state index in [1.54, 1.807) is 0 Å². The van der Waals surface area contributed by atoms with Gasteiger partial charge in [0.2, 0.25) is 11.8 Å². The van der Waals surface area contributed by atoms with Crippen molar-refractivity contribution >= 4 is 11.8 Å². The Hall–Kier alpha value is -0.940. The molecule has 0 aromatic rings. The van der Waals surface area contributed by atoms with Crippen molar-refractivity contribution in [3.8, 4) is 0 Å². The first-order chi connectivity index (χ1) is 13.1. The van der Waals surface area contributed by atoms with Gasteiger partial charge >= 0.3 is 0 Å². The van der Waals surface area contributed by atoms with Crippen LogP contribution in [-0.4, -0.2) is 61.5 Å². The van der Waals surface area contributed by atoms with Gasteiger partial charge in [-0.2, -0.15) is 0 Å². The minimum absolute atomic E-state index is 0.0389. The summed E-state index contributed by atoms with van der Waals surface area (Å²) in [5.74, 6) is -0.193. The monoisotopic (exact) mass is 398 g/mol. The molecular formula is C23H48N3O2+. The van der Waals surface area contributed by atoms with Crippen LogP contribution in [0.25, 0.3) is 0 Å². The van der Waals surface area contributed by atoms with Gasteiger partial charge in [0.25, 0.3) is 0 Å². The molecule has 0 fully saturated rings. The molecule has 1 atom stereocenters. The van der Waals surface area contributed by atoms with Crippen LogP contribution in [0.2, 0.25) is 0 Å². The predicted octanol–water partition coefficient (Wildman–Crippen LogP) is 4.34. The van der Waals surface area contributed by atoms with Crippen molar-refractivity contribution < 1.29 is 14.1 Å². The van der Waals surface area contributed by atoms with Crippen molar-refractivity contribution in [1.29, 1.82) is 0 Å². The van der Waals surface area contributed by atoms with Crippen molar-refractivity contribution in [2.24, 2.45) is 11.7 Å². The summed E-state index contributed by atoms with van der Waals surface area (Å²) in [6.45, 7) is 7.73. The molecule has 0 aliphatic rings. The topological polar surface area (TPSA) is 63.4 Å². The molecule has 0 aliphatic heterocycles. The summed E-state index contributed by atoms with van der Waals surface area (Å²) >= 11 is 0. The molecule has 2 amide bonds. The summed E-state index contributed by atoms with van der Waals surface area (Å²) < 4.78 is 0.977. The SMILES string of the molecule is CCCCCCCCC(=O)N(CCCCCC[N+](C)(C)C)C(=O)[C@@H](N)C(C)C. The lowest BCUT2D eigenvalue weighted by Gasteiger charge is -2.26. The van der Waals surface area contributed by atoms with Crippen LogP contribution in [0.5, 0.6) is 0 Å². The average Bonchev–Trinajstić information content (AvgIpc) is 2.61. The molecule has 2 N–H and O–H groups in total. The minimum Gasteiger partial charge on any atom is -0.331 e. The number of carbonyl (C=O) groups excluding carboxylic acids is 2. The number of unbranched alkanes of at least 4 members (excludes halogenated alkanes) is 8. The molecule has 5 nitrogen and oxygen atoms in total. The molecule has 28 heavy (non-hydrogen) atoms. The van der Waals surface area contributed by atoms with Gasteiger partial charge in [-0.3, -0.25) is 14.5 Å². The van der Waals surface area contributed by atoms with Crippen LogP contribution >= 0.6 is 0 Å². The summed E-state index contributed by atoms with van der Waals surface area (Å²) in [6, 6.07) is -0.591. The molecule has 0 aromatic heterocycles. The summed E-state index contributed by atoms with van der Waals surface area (Å²) in [4.78, 5) is 26.9. The lowest BCUT2D eigenvalue weighted by Crippen LogP contribution is -2.49. The molecule has 5 heteroatoms. The highest BCUT2D eigenvalue weighted by molar-refractivity contribution is 5.97. The molecule has 0 saturated heterocycles. The normalized spacial score (nSPS) is 13.0. The lowest BCUT2D eigenvalue weighted by molar-refractivity contribution is -0.870. The van der Waals surface area contributed by atoms with Crippen LogP contribution in [0.3, 0.4) is 0 Å². The van der Waals surface area contributed by atoms with Gasteiger partial charge in [0.1, 0.15) is 0 Å². The Kier molecular flexibility index (Phi) is 14.5. The molecule has 0 radical (unpaired) electrons. The Bertz CT molecular complexity index is 430. The second kappa shape index (κ2) is 15.0. The van der Waals surface area contributed by atoms with E-state index in [-0.39, 0.29) is 17.7 Å². The number of hydrogen-bond donors (Lipinski definition) is 1. The third-order valence-corrected chi connectivity index (χ3v) is 5.28. The van der Waals surface area contributed by atoms with Crippen LogP contribution in [0.4, 0.5) is 0 Å². The molecule has 166 valence electrons. The van der Waals surface area contributed by atoms with Crippen LogP contribution in [0, 0.1) is 5.92 Å². The highest BCUT2D eigenvalue weighted by Crippen LogP contribution is 2.12. The smallest absolute Gasteiger partial charge is 0.246 e. The molecule has 0 heterocycles. The number of rotatable bonds is 16. The zero-order chi connectivity index (χ0) is 21.6. The number of carbonyl (C=O) groups is 2. The maximum absolute atomic E-state index is 12.7. The van der Waals surface area contributed by atoms with E-state index < -0.39 is 6.04 Å². The molecule has 0 spiro atoms. The van der Waals surface area contributed by atoms with Crippen LogP contribution < -0.4 is 5.73 Å². The Morgan fingerprint density at radius 2 is 1.39 bits per heavy atom. The molecule has 0 unspecified atom stereocenters. The quantitative estimate of drug-likeness (QED) is 0.311. The molecule has 0 rings (SSSR count). The summed E-state index contributed by atoms with van der Waals surface area (Å²) in [5, 5.41) is 0. The zero-order valence-corrected chi connectivity index (χ0v) is 19.6. The summed E-state index contributed by atoms with van der Waals surface area (Å²) in [6.07, 6.45) is 11.5. The average molecular weight is 399 g/mol. The number of amides is 2. The molecule has 0 aliphatic carbocycles. The van der Waals surface area contributed by atoms with Gasteiger partial charge in [-0.05, 0) is 31.6 Å². The van der Waals surface area contributed by atoms with E-state index in [1.807, 2.05) is 13.8 Å². The van der Waals surface area contributed by atoms with Gasteiger partial charge in [0.05, 0.1) is 33.7 Å². The van der Waals surface area contributed by atoms with Gasteiger partial charge < -0.3 is 10.2 Å². The number of quaternary nitrogens is 1. The van der Waals surface area contributed by atoms with E-state index >= 15 is 0 Å². The fourth-order valence-corrected chi connectivity index (χ4v) is 3.22. The van der Waals surface area contributed by atoms with E-state index in [4.69, 9.17) is 5.73 Å². The van der Waals surface area contributed by atoms with Crippen molar-refractivity contribution in [3.05, 3.63) is 0 Å². The number of nitrogens with two attached hydrogens (primary N) is 1. The summed E-state index contributed by atoms with van der Waals surface area (Å²) in [5.41, 5.74) is 6.06. The Labute approximate surface area is 174 Å². The Balaban J connectivity index is 4.46. The highest BCUT2D eigenvalue weighted by atomic mass is 16.2. The second-order valence-electron chi connectivity index (χ2n) is 9.60. The number of nitrogens with zero attached hydrogens (tertiary/aromatic N) is 2. The van der Waals surface area contributed by atoms with Crippen LogP contribution in [0.15, 0.2) is 0 Å². The first kappa shape index (κ1) is 27.1. The van der Waals surface area contributed by atoms with Crippen molar-refractivity contribution in [2.45, 2.75) is 97.4 Å². The second-order valence-corrected chi connectivity index (χ2v) is 9.60. The molecule has 0 aromatic carbocycles. The van der Waals surface area contributed by atoms with Gasteiger partial charge in [-0.25, -0.2) is 0 Å². The lowest BCUT2D eigenvalue weighted by atomic mass is 10.0.